The van der Waals surface area contributed by atoms with Crippen LogP contribution in [0.3, 0.4) is 0 Å². The molecular weight excluding hydrogens is 494 g/mol. The number of morpholine rings is 1. The molecule has 2 aromatic rings. The molecule has 0 aromatic heterocycles. The van der Waals surface area contributed by atoms with Gasteiger partial charge in [-0.3, -0.25) is 4.90 Å². The van der Waals surface area contributed by atoms with Crippen molar-refractivity contribution in [2.24, 2.45) is 4.99 Å². The Morgan fingerprint density at radius 1 is 0.967 bits per heavy atom. The van der Waals surface area contributed by atoms with Crippen LogP contribution in [0.2, 0.25) is 0 Å². The Labute approximate surface area is 196 Å². The minimum Gasteiger partial charge on any atom is -0.379 e. The second-order valence-electron chi connectivity index (χ2n) is 7.20. The summed E-state index contributed by atoms with van der Waals surface area (Å²) in [5.74, 6) is 0.597. The monoisotopic (exact) mass is 526 g/mol. The summed E-state index contributed by atoms with van der Waals surface area (Å²) in [4.78, 5) is 7.10. The van der Waals surface area contributed by atoms with Crippen LogP contribution in [0.5, 0.6) is 0 Å². The van der Waals surface area contributed by atoms with Gasteiger partial charge in [-0.2, -0.15) is 0 Å². The standard InChI is InChI=1S/C23H31FN4O.HI/c1-2-25-23(26-12-11-19-7-9-22(24)10-8-19)27-17-20-3-5-21(6-4-20)18-28-13-15-29-16-14-28;/h3-10H,2,11-18H2,1H3,(H2,25,26,27);1H. The summed E-state index contributed by atoms with van der Waals surface area (Å²) in [6, 6.07) is 15.3. The summed E-state index contributed by atoms with van der Waals surface area (Å²) < 4.78 is 18.4. The lowest BCUT2D eigenvalue weighted by molar-refractivity contribution is 0.0342. The number of rotatable bonds is 8. The molecule has 7 heteroatoms. The zero-order valence-electron chi connectivity index (χ0n) is 17.6. The summed E-state index contributed by atoms with van der Waals surface area (Å²) in [5, 5.41) is 6.62. The fourth-order valence-electron chi connectivity index (χ4n) is 3.26. The highest BCUT2D eigenvalue weighted by Crippen LogP contribution is 2.10. The van der Waals surface area contributed by atoms with Crippen molar-refractivity contribution in [3.8, 4) is 0 Å². The molecule has 1 aliphatic rings. The van der Waals surface area contributed by atoms with E-state index in [4.69, 9.17) is 4.74 Å². The van der Waals surface area contributed by atoms with Gasteiger partial charge in [-0.25, -0.2) is 9.38 Å². The molecule has 2 N–H and O–H groups in total. The van der Waals surface area contributed by atoms with Gasteiger partial charge in [0.1, 0.15) is 5.82 Å². The Morgan fingerprint density at radius 3 is 2.27 bits per heavy atom. The molecule has 1 aliphatic heterocycles. The second kappa shape index (κ2) is 13.6. The number of hydrogen-bond donors (Lipinski definition) is 2. The molecule has 1 saturated heterocycles. The van der Waals surface area contributed by atoms with Gasteiger partial charge >= 0.3 is 0 Å². The first-order chi connectivity index (χ1) is 14.2. The van der Waals surface area contributed by atoms with Gasteiger partial charge in [0, 0.05) is 32.7 Å². The Hall–Kier alpha value is -1.71. The summed E-state index contributed by atoms with van der Waals surface area (Å²) in [5.41, 5.74) is 3.61. The molecule has 0 aliphatic carbocycles. The van der Waals surface area contributed by atoms with Crippen LogP contribution in [0, 0.1) is 5.82 Å². The minimum absolute atomic E-state index is 0. The lowest BCUT2D eigenvalue weighted by Crippen LogP contribution is -2.38. The quantitative estimate of drug-likeness (QED) is 0.314. The highest BCUT2D eigenvalue weighted by atomic mass is 127. The number of guanidine groups is 1. The Bertz CT molecular complexity index is 762. The van der Waals surface area contributed by atoms with Gasteiger partial charge in [0.2, 0.25) is 0 Å². The molecule has 30 heavy (non-hydrogen) atoms. The van der Waals surface area contributed by atoms with Crippen molar-refractivity contribution in [1.82, 2.24) is 15.5 Å². The van der Waals surface area contributed by atoms with E-state index in [0.717, 1.165) is 63.9 Å². The minimum atomic E-state index is -0.201. The predicted octanol–water partition coefficient (Wildman–Crippen LogP) is 3.57. The molecule has 0 spiro atoms. The van der Waals surface area contributed by atoms with E-state index in [2.05, 4.69) is 51.7 Å². The van der Waals surface area contributed by atoms with Gasteiger partial charge in [-0.05, 0) is 42.2 Å². The Balaban J connectivity index is 0.00000320. The number of ether oxygens (including phenoxy) is 1. The molecule has 3 rings (SSSR count). The lowest BCUT2D eigenvalue weighted by atomic mass is 10.1. The van der Waals surface area contributed by atoms with E-state index >= 15 is 0 Å². The molecule has 5 nitrogen and oxygen atoms in total. The van der Waals surface area contributed by atoms with E-state index in [0.29, 0.717) is 6.54 Å². The van der Waals surface area contributed by atoms with E-state index in [1.165, 1.54) is 23.3 Å². The maximum atomic E-state index is 13.0. The van der Waals surface area contributed by atoms with E-state index in [1.54, 1.807) is 0 Å². The fraction of sp³-hybridized carbons (Fsp3) is 0.435. The molecule has 0 amide bonds. The number of nitrogens with zero attached hydrogens (tertiary/aromatic N) is 2. The smallest absolute Gasteiger partial charge is 0.191 e. The third kappa shape index (κ3) is 8.57. The van der Waals surface area contributed by atoms with Crippen LogP contribution in [0.15, 0.2) is 53.5 Å². The van der Waals surface area contributed by atoms with E-state index in [-0.39, 0.29) is 29.8 Å². The molecule has 164 valence electrons. The van der Waals surface area contributed by atoms with Crippen LogP contribution in [0.1, 0.15) is 23.6 Å². The average Bonchev–Trinajstić information content (AvgIpc) is 2.75. The molecule has 0 bridgehead atoms. The highest BCUT2D eigenvalue weighted by Gasteiger charge is 2.10. The van der Waals surface area contributed by atoms with Crippen LogP contribution < -0.4 is 10.6 Å². The third-order valence-electron chi connectivity index (χ3n) is 4.92. The lowest BCUT2D eigenvalue weighted by Gasteiger charge is -2.26. The van der Waals surface area contributed by atoms with Crippen molar-refractivity contribution in [3.05, 3.63) is 71.0 Å². The van der Waals surface area contributed by atoms with Crippen LogP contribution in [-0.2, 0) is 24.2 Å². The predicted molar refractivity (Wildman–Crippen MR) is 131 cm³/mol. The third-order valence-corrected chi connectivity index (χ3v) is 4.92. The van der Waals surface area contributed by atoms with E-state index in [9.17, 15) is 4.39 Å². The molecule has 0 atom stereocenters. The topological polar surface area (TPSA) is 48.9 Å². The van der Waals surface area contributed by atoms with Gasteiger partial charge in [0.15, 0.2) is 5.96 Å². The zero-order valence-corrected chi connectivity index (χ0v) is 19.9. The molecule has 0 saturated carbocycles. The van der Waals surface area contributed by atoms with Crippen LogP contribution in [0.4, 0.5) is 4.39 Å². The summed E-state index contributed by atoms with van der Waals surface area (Å²) in [6.45, 7) is 8.87. The number of hydrogen-bond acceptors (Lipinski definition) is 3. The van der Waals surface area contributed by atoms with Crippen molar-refractivity contribution in [2.45, 2.75) is 26.4 Å². The first-order valence-electron chi connectivity index (χ1n) is 10.4. The van der Waals surface area contributed by atoms with Gasteiger partial charge in [-0.1, -0.05) is 36.4 Å². The van der Waals surface area contributed by atoms with Crippen LogP contribution in [0.25, 0.3) is 0 Å². The van der Waals surface area contributed by atoms with Crippen molar-refractivity contribution in [2.75, 3.05) is 39.4 Å². The highest BCUT2D eigenvalue weighted by molar-refractivity contribution is 14.0. The molecule has 0 radical (unpaired) electrons. The molecule has 0 unspecified atom stereocenters. The van der Waals surface area contributed by atoms with Crippen molar-refractivity contribution < 1.29 is 9.13 Å². The fourth-order valence-corrected chi connectivity index (χ4v) is 3.26. The summed E-state index contributed by atoms with van der Waals surface area (Å²) in [7, 11) is 0. The van der Waals surface area contributed by atoms with Gasteiger partial charge in [0.25, 0.3) is 0 Å². The number of halogens is 2. The number of nitrogens with one attached hydrogen (secondary N) is 2. The molecule has 1 heterocycles. The van der Waals surface area contributed by atoms with Crippen LogP contribution in [-0.4, -0.2) is 50.3 Å². The summed E-state index contributed by atoms with van der Waals surface area (Å²) >= 11 is 0. The van der Waals surface area contributed by atoms with Crippen molar-refractivity contribution >= 4 is 29.9 Å². The SMILES string of the molecule is CCNC(=NCc1ccc(CN2CCOCC2)cc1)NCCc1ccc(F)cc1.I. The average molecular weight is 526 g/mol. The Morgan fingerprint density at radius 2 is 1.60 bits per heavy atom. The molecular formula is C23H32FIN4O. The largest absolute Gasteiger partial charge is 0.379 e. The van der Waals surface area contributed by atoms with E-state index in [1.807, 2.05) is 12.1 Å². The second-order valence-corrected chi connectivity index (χ2v) is 7.20. The van der Waals surface area contributed by atoms with Gasteiger partial charge in [-0.15, -0.1) is 24.0 Å². The number of benzene rings is 2. The maximum absolute atomic E-state index is 13.0. The normalized spacial score (nSPS) is 14.8. The molecule has 1 fully saturated rings. The Kier molecular flexibility index (Phi) is 11.1. The van der Waals surface area contributed by atoms with Gasteiger partial charge < -0.3 is 15.4 Å². The van der Waals surface area contributed by atoms with Gasteiger partial charge in [0.05, 0.1) is 19.8 Å². The summed E-state index contributed by atoms with van der Waals surface area (Å²) in [6.07, 6.45) is 0.820. The number of aliphatic imine (C=N–C) groups is 1. The van der Waals surface area contributed by atoms with E-state index < -0.39 is 0 Å². The first-order valence-corrected chi connectivity index (χ1v) is 10.4. The zero-order chi connectivity index (χ0) is 20.3. The van der Waals surface area contributed by atoms with Crippen molar-refractivity contribution in [3.63, 3.8) is 0 Å². The molecule has 2 aromatic carbocycles. The maximum Gasteiger partial charge on any atom is 0.191 e. The van der Waals surface area contributed by atoms with Crippen LogP contribution >= 0.6 is 24.0 Å². The first kappa shape index (κ1) is 24.6. The van der Waals surface area contributed by atoms with Crippen molar-refractivity contribution in [1.29, 1.82) is 0 Å².